The Kier molecular flexibility index (Phi) is 4.82. The minimum atomic E-state index is 0.332. The van der Waals surface area contributed by atoms with Gasteiger partial charge in [-0.1, -0.05) is 56.9 Å². The van der Waals surface area contributed by atoms with Crippen molar-refractivity contribution in [2.24, 2.45) is 11.3 Å². The van der Waals surface area contributed by atoms with Crippen LogP contribution in [0, 0.1) is 23.2 Å². The molecule has 0 heterocycles. The smallest absolute Gasteiger partial charge is 0.0347 e. The van der Waals surface area contributed by atoms with Crippen LogP contribution in [0.4, 0.5) is 0 Å². The second-order valence-corrected chi connectivity index (χ2v) is 4.97. The molecule has 2 atom stereocenters. The summed E-state index contributed by atoms with van der Waals surface area (Å²) in [6, 6.07) is 0. The largest absolute Gasteiger partial charge is 0.0991 e. The molecule has 0 radical (unpaired) electrons. The normalized spacial score (nSPS) is 28.4. The molecular formula is C17H24. The van der Waals surface area contributed by atoms with Crippen LogP contribution in [0.2, 0.25) is 0 Å². The van der Waals surface area contributed by atoms with Crippen molar-refractivity contribution in [3.63, 3.8) is 0 Å². The van der Waals surface area contributed by atoms with E-state index in [-0.39, 0.29) is 0 Å². The van der Waals surface area contributed by atoms with E-state index in [1.165, 1.54) is 30.4 Å². The lowest BCUT2D eigenvalue weighted by atomic mass is 9.99. The van der Waals surface area contributed by atoms with Crippen LogP contribution in [0.1, 0.15) is 47.0 Å². The van der Waals surface area contributed by atoms with Crippen molar-refractivity contribution in [1.29, 1.82) is 0 Å². The van der Waals surface area contributed by atoms with Gasteiger partial charge in [-0.15, -0.1) is 0 Å². The quantitative estimate of drug-likeness (QED) is 0.474. The van der Waals surface area contributed by atoms with Crippen LogP contribution in [-0.2, 0) is 0 Å². The summed E-state index contributed by atoms with van der Waals surface area (Å²) in [6.07, 6.45) is 9.57. The van der Waals surface area contributed by atoms with E-state index >= 15 is 0 Å². The van der Waals surface area contributed by atoms with Gasteiger partial charge in [0, 0.05) is 11.0 Å². The third-order valence-corrected chi connectivity index (χ3v) is 3.93. The molecule has 0 amide bonds. The topological polar surface area (TPSA) is 0 Å². The van der Waals surface area contributed by atoms with E-state index in [4.69, 9.17) is 0 Å². The standard InChI is InChI=1S/C17H24/c1-6-9-10-14(4)15(5)11-12-17(8-3)13-16(17)7-2/h6,9-10,16H,1,7-8,13H2,2-5H3/b10-9-,15-14+. The highest BCUT2D eigenvalue weighted by Crippen LogP contribution is 2.56. The third-order valence-electron chi connectivity index (χ3n) is 3.93. The maximum Gasteiger partial charge on any atom is 0.0347 e. The van der Waals surface area contributed by atoms with Crippen LogP contribution >= 0.6 is 0 Å². The van der Waals surface area contributed by atoms with Crippen LogP contribution in [0.15, 0.2) is 36.0 Å². The van der Waals surface area contributed by atoms with Crippen molar-refractivity contribution in [2.45, 2.75) is 47.0 Å². The van der Waals surface area contributed by atoms with Gasteiger partial charge in [-0.25, -0.2) is 0 Å². The minimum Gasteiger partial charge on any atom is -0.0991 e. The zero-order valence-electron chi connectivity index (χ0n) is 11.6. The van der Waals surface area contributed by atoms with E-state index in [9.17, 15) is 0 Å². The van der Waals surface area contributed by atoms with Crippen molar-refractivity contribution in [1.82, 2.24) is 0 Å². The van der Waals surface area contributed by atoms with Gasteiger partial charge >= 0.3 is 0 Å². The van der Waals surface area contributed by atoms with Gasteiger partial charge in [0.1, 0.15) is 0 Å². The molecule has 0 aliphatic heterocycles. The second-order valence-electron chi connectivity index (χ2n) is 4.97. The molecule has 0 saturated heterocycles. The van der Waals surface area contributed by atoms with Crippen molar-refractivity contribution < 1.29 is 0 Å². The van der Waals surface area contributed by atoms with Gasteiger partial charge in [0.2, 0.25) is 0 Å². The van der Waals surface area contributed by atoms with Crippen LogP contribution < -0.4 is 0 Å². The van der Waals surface area contributed by atoms with Gasteiger partial charge in [-0.2, -0.15) is 0 Å². The number of rotatable bonds is 4. The molecule has 1 aliphatic carbocycles. The maximum absolute atomic E-state index is 3.68. The second kappa shape index (κ2) is 5.92. The Hall–Kier alpha value is -1.22. The summed E-state index contributed by atoms with van der Waals surface area (Å²) in [4.78, 5) is 0. The molecule has 17 heavy (non-hydrogen) atoms. The van der Waals surface area contributed by atoms with Crippen molar-refractivity contribution in [3.05, 3.63) is 36.0 Å². The first kappa shape index (κ1) is 13.8. The summed E-state index contributed by atoms with van der Waals surface area (Å²) in [5, 5.41) is 0. The molecule has 0 aromatic heterocycles. The fourth-order valence-electron chi connectivity index (χ4n) is 2.24. The number of hydrogen-bond acceptors (Lipinski definition) is 0. The van der Waals surface area contributed by atoms with E-state index in [0.717, 1.165) is 5.92 Å². The van der Waals surface area contributed by atoms with Gasteiger partial charge in [0.25, 0.3) is 0 Å². The number of allylic oxidation sites excluding steroid dienone is 5. The molecule has 0 aromatic carbocycles. The summed E-state index contributed by atoms with van der Waals surface area (Å²) >= 11 is 0. The highest BCUT2D eigenvalue weighted by Gasteiger charge is 2.49. The van der Waals surface area contributed by atoms with Crippen molar-refractivity contribution in [3.8, 4) is 11.8 Å². The van der Waals surface area contributed by atoms with E-state index in [1.807, 2.05) is 6.08 Å². The highest BCUT2D eigenvalue weighted by molar-refractivity contribution is 5.39. The molecule has 1 rings (SSSR count). The monoisotopic (exact) mass is 228 g/mol. The molecule has 0 bridgehead atoms. The van der Waals surface area contributed by atoms with Crippen LogP contribution in [0.25, 0.3) is 0 Å². The van der Waals surface area contributed by atoms with Gasteiger partial charge in [0.15, 0.2) is 0 Å². The molecule has 2 unspecified atom stereocenters. The fraction of sp³-hybridized carbons (Fsp3) is 0.529. The minimum absolute atomic E-state index is 0.332. The first-order valence-corrected chi connectivity index (χ1v) is 6.59. The van der Waals surface area contributed by atoms with Crippen molar-refractivity contribution in [2.75, 3.05) is 0 Å². The summed E-state index contributed by atoms with van der Waals surface area (Å²) in [5.41, 5.74) is 2.74. The summed E-state index contributed by atoms with van der Waals surface area (Å²) in [7, 11) is 0. The Balaban J connectivity index is 2.78. The Morgan fingerprint density at radius 3 is 2.59 bits per heavy atom. The molecule has 0 heteroatoms. The summed E-state index contributed by atoms with van der Waals surface area (Å²) < 4.78 is 0. The molecule has 1 fully saturated rings. The van der Waals surface area contributed by atoms with Gasteiger partial charge < -0.3 is 0 Å². The Morgan fingerprint density at radius 1 is 1.41 bits per heavy atom. The average Bonchev–Trinajstić information content (AvgIpc) is 3.07. The molecule has 0 nitrogen and oxygen atoms in total. The van der Waals surface area contributed by atoms with E-state index in [2.05, 4.69) is 52.2 Å². The maximum atomic E-state index is 3.68. The Morgan fingerprint density at radius 2 is 2.12 bits per heavy atom. The molecule has 0 spiro atoms. The zero-order chi connectivity index (χ0) is 12.9. The lowest BCUT2D eigenvalue weighted by molar-refractivity contribution is 0.557. The van der Waals surface area contributed by atoms with E-state index < -0.39 is 0 Å². The predicted octanol–water partition coefficient (Wildman–Crippen LogP) is 4.89. The van der Waals surface area contributed by atoms with Crippen LogP contribution in [0.3, 0.4) is 0 Å². The fourth-order valence-corrected chi connectivity index (χ4v) is 2.24. The SMILES string of the molecule is C=C/C=C\C(C)=C(/C)C#CC1(CC)CC1CC. The molecule has 1 saturated carbocycles. The Bertz CT molecular complexity index is 397. The Labute approximate surface area is 107 Å². The lowest BCUT2D eigenvalue weighted by Gasteiger charge is -2.04. The van der Waals surface area contributed by atoms with Gasteiger partial charge in [0.05, 0.1) is 0 Å². The number of hydrogen-bond donors (Lipinski definition) is 0. The average molecular weight is 228 g/mol. The van der Waals surface area contributed by atoms with E-state index in [0.29, 0.717) is 5.41 Å². The lowest BCUT2D eigenvalue weighted by Crippen LogP contribution is -1.98. The molecular weight excluding hydrogens is 204 g/mol. The molecule has 0 N–H and O–H groups in total. The van der Waals surface area contributed by atoms with Crippen LogP contribution in [0.5, 0.6) is 0 Å². The first-order chi connectivity index (χ1) is 8.09. The highest BCUT2D eigenvalue weighted by atomic mass is 14.5. The zero-order valence-corrected chi connectivity index (χ0v) is 11.6. The van der Waals surface area contributed by atoms with Crippen molar-refractivity contribution >= 4 is 0 Å². The summed E-state index contributed by atoms with van der Waals surface area (Å²) in [5.74, 6) is 7.69. The summed E-state index contributed by atoms with van der Waals surface area (Å²) in [6.45, 7) is 12.4. The molecule has 1 aliphatic rings. The predicted molar refractivity (Wildman–Crippen MR) is 76.6 cm³/mol. The van der Waals surface area contributed by atoms with Gasteiger partial charge in [-0.05, 0) is 38.2 Å². The first-order valence-electron chi connectivity index (χ1n) is 6.59. The van der Waals surface area contributed by atoms with E-state index in [1.54, 1.807) is 6.08 Å². The van der Waals surface area contributed by atoms with Crippen LogP contribution in [-0.4, -0.2) is 0 Å². The van der Waals surface area contributed by atoms with Gasteiger partial charge in [-0.3, -0.25) is 0 Å². The molecule has 0 aromatic rings. The molecule has 92 valence electrons. The third kappa shape index (κ3) is 3.37.